The van der Waals surface area contributed by atoms with Crippen LogP contribution in [-0.4, -0.2) is 55.8 Å². The molecule has 28 heavy (non-hydrogen) atoms. The van der Waals surface area contributed by atoms with Crippen LogP contribution in [0.3, 0.4) is 0 Å². The summed E-state index contributed by atoms with van der Waals surface area (Å²) in [6.45, 7) is 7.63. The fourth-order valence-corrected chi connectivity index (χ4v) is 4.03. The van der Waals surface area contributed by atoms with E-state index < -0.39 is 0 Å². The van der Waals surface area contributed by atoms with Crippen LogP contribution in [0.1, 0.15) is 41.4 Å². The minimum absolute atomic E-state index is 0.0333. The summed E-state index contributed by atoms with van der Waals surface area (Å²) in [5.74, 6) is 0.0333. The van der Waals surface area contributed by atoms with Crippen LogP contribution in [0.2, 0.25) is 0 Å². The average Bonchev–Trinajstić information content (AvgIpc) is 3.15. The number of nitrogens with zero attached hydrogens (tertiary/aromatic N) is 5. The third kappa shape index (κ3) is 3.92. The van der Waals surface area contributed by atoms with Gasteiger partial charge in [-0.1, -0.05) is 13.0 Å². The normalized spacial score (nSPS) is 17.4. The lowest BCUT2D eigenvalue weighted by atomic mass is 10.0. The lowest BCUT2D eigenvalue weighted by Gasteiger charge is -2.38. The Kier molecular flexibility index (Phi) is 5.39. The van der Waals surface area contributed by atoms with Crippen molar-refractivity contribution in [2.45, 2.75) is 39.3 Å². The number of hydrogen-bond donors (Lipinski definition) is 0. The van der Waals surface area contributed by atoms with Gasteiger partial charge in [-0.15, -0.1) is 0 Å². The molecule has 4 rings (SSSR count). The van der Waals surface area contributed by atoms with Gasteiger partial charge < -0.3 is 9.30 Å². The third-order valence-corrected chi connectivity index (χ3v) is 5.56. The van der Waals surface area contributed by atoms with Gasteiger partial charge in [0.25, 0.3) is 5.91 Å². The number of likely N-dealkylation sites (N-methyl/N-ethyl adjacent to an activating group) is 1. The fourth-order valence-electron chi connectivity index (χ4n) is 4.03. The topological polar surface area (TPSA) is 53.7 Å². The van der Waals surface area contributed by atoms with E-state index in [0.29, 0.717) is 11.7 Å². The number of likely N-dealkylation sites (tertiary alicyclic amines) is 1. The molecule has 6 heteroatoms. The van der Waals surface area contributed by atoms with E-state index in [1.54, 1.807) is 0 Å². The first-order chi connectivity index (χ1) is 13.6. The summed E-state index contributed by atoms with van der Waals surface area (Å²) in [4.78, 5) is 26.2. The van der Waals surface area contributed by atoms with Crippen LogP contribution in [0.5, 0.6) is 0 Å². The minimum atomic E-state index is 0.0333. The lowest BCUT2D eigenvalue weighted by Crippen LogP contribution is -2.49. The second-order valence-corrected chi connectivity index (χ2v) is 7.56. The molecule has 146 valence electrons. The molecule has 0 spiro atoms. The smallest absolute Gasteiger partial charge is 0.274 e. The standard InChI is InChI=1S/C22H27N5O/c1-3-25(14-18-8-10-23-11-9-18)19-5-4-12-26(15-19)22(28)20-16-27-13-17(2)6-7-21(27)24-20/h6-11,13,16,19H,3-5,12,14-15H2,1-2H3. The second kappa shape index (κ2) is 8.10. The van der Waals surface area contributed by atoms with Crippen molar-refractivity contribution in [1.29, 1.82) is 0 Å². The molecule has 0 saturated carbocycles. The van der Waals surface area contributed by atoms with Crippen molar-refractivity contribution in [2.75, 3.05) is 19.6 Å². The number of rotatable bonds is 5. The van der Waals surface area contributed by atoms with Gasteiger partial charge in [0.15, 0.2) is 0 Å². The third-order valence-electron chi connectivity index (χ3n) is 5.56. The van der Waals surface area contributed by atoms with Gasteiger partial charge in [-0.2, -0.15) is 0 Å². The molecule has 1 saturated heterocycles. The number of imidazole rings is 1. The van der Waals surface area contributed by atoms with Gasteiger partial charge in [0.2, 0.25) is 0 Å². The van der Waals surface area contributed by atoms with E-state index in [1.165, 1.54) is 5.56 Å². The molecule has 6 nitrogen and oxygen atoms in total. The Morgan fingerprint density at radius 2 is 2.04 bits per heavy atom. The van der Waals surface area contributed by atoms with Crippen molar-refractivity contribution in [3.63, 3.8) is 0 Å². The van der Waals surface area contributed by atoms with Gasteiger partial charge >= 0.3 is 0 Å². The number of hydrogen-bond acceptors (Lipinski definition) is 4. The van der Waals surface area contributed by atoms with Crippen LogP contribution in [0.4, 0.5) is 0 Å². The van der Waals surface area contributed by atoms with Crippen molar-refractivity contribution < 1.29 is 4.79 Å². The molecule has 1 aliphatic heterocycles. The quantitative estimate of drug-likeness (QED) is 0.685. The molecule has 0 aromatic carbocycles. The van der Waals surface area contributed by atoms with Crippen LogP contribution in [0, 0.1) is 6.92 Å². The molecule has 0 aliphatic carbocycles. The maximum atomic E-state index is 13.1. The number of amides is 1. The van der Waals surface area contributed by atoms with E-state index in [2.05, 4.69) is 33.9 Å². The van der Waals surface area contributed by atoms with Crippen molar-refractivity contribution in [2.24, 2.45) is 0 Å². The average molecular weight is 377 g/mol. The SMILES string of the molecule is CCN(Cc1ccncc1)C1CCCN(C(=O)c2cn3cc(C)ccc3n2)C1. The zero-order valence-electron chi connectivity index (χ0n) is 16.6. The van der Waals surface area contributed by atoms with E-state index in [-0.39, 0.29) is 5.91 Å². The molecule has 0 bridgehead atoms. The molecule has 1 amide bonds. The summed E-state index contributed by atoms with van der Waals surface area (Å²) in [7, 11) is 0. The summed E-state index contributed by atoms with van der Waals surface area (Å²) >= 11 is 0. The molecular weight excluding hydrogens is 350 g/mol. The maximum Gasteiger partial charge on any atom is 0.274 e. The predicted octanol–water partition coefficient (Wildman–Crippen LogP) is 3.16. The molecule has 3 aromatic heterocycles. The van der Waals surface area contributed by atoms with Gasteiger partial charge in [0.05, 0.1) is 0 Å². The summed E-state index contributed by atoms with van der Waals surface area (Å²) in [5, 5.41) is 0. The highest BCUT2D eigenvalue weighted by molar-refractivity contribution is 5.93. The van der Waals surface area contributed by atoms with Gasteiger partial charge in [0, 0.05) is 50.5 Å². The highest BCUT2D eigenvalue weighted by Crippen LogP contribution is 2.20. The highest BCUT2D eigenvalue weighted by atomic mass is 16.2. The number of aryl methyl sites for hydroxylation is 1. The fraction of sp³-hybridized carbons (Fsp3) is 0.409. The van der Waals surface area contributed by atoms with Gasteiger partial charge in [-0.05, 0) is 55.6 Å². The number of carbonyl (C=O) groups is 1. The molecule has 1 aliphatic rings. The monoisotopic (exact) mass is 377 g/mol. The Labute approximate surface area is 165 Å². The largest absolute Gasteiger partial charge is 0.336 e. The summed E-state index contributed by atoms with van der Waals surface area (Å²) < 4.78 is 1.94. The van der Waals surface area contributed by atoms with Crippen molar-refractivity contribution in [1.82, 2.24) is 24.2 Å². The summed E-state index contributed by atoms with van der Waals surface area (Å²) in [5.41, 5.74) is 3.76. The molecule has 0 radical (unpaired) electrons. The van der Waals surface area contributed by atoms with Crippen molar-refractivity contribution >= 4 is 11.6 Å². The van der Waals surface area contributed by atoms with Gasteiger partial charge in [-0.25, -0.2) is 4.98 Å². The Balaban J connectivity index is 1.48. The summed E-state index contributed by atoms with van der Waals surface area (Å²) in [6.07, 6.45) is 9.67. The number of piperidine rings is 1. The number of aromatic nitrogens is 3. The van der Waals surface area contributed by atoms with Crippen molar-refractivity contribution in [3.05, 3.63) is 65.9 Å². The Hall–Kier alpha value is -2.73. The Morgan fingerprint density at radius 3 is 2.82 bits per heavy atom. The minimum Gasteiger partial charge on any atom is -0.336 e. The Morgan fingerprint density at radius 1 is 1.21 bits per heavy atom. The van der Waals surface area contributed by atoms with Crippen LogP contribution in [0.25, 0.3) is 5.65 Å². The predicted molar refractivity (Wildman–Crippen MR) is 109 cm³/mol. The van der Waals surface area contributed by atoms with Gasteiger partial charge in [-0.3, -0.25) is 14.7 Å². The number of carbonyl (C=O) groups excluding carboxylic acids is 1. The van der Waals surface area contributed by atoms with E-state index in [0.717, 1.165) is 50.2 Å². The molecule has 1 atom stereocenters. The summed E-state index contributed by atoms with van der Waals surface area (Å²) in [6, 6.07) is 8.47. The zero-order chi connectivity index (χ0) is 19.5. The van der Waals surface area contributed by atoms with Crippen LogP contribution < -0.4 is 0 Å². The van der Waals surface area contributed by atoms with Crippen LogP contribution in [0.15, 0.2) is 49.1 Å². The Bertz CT molecular complexity index is 952. The molecule has 3 aromatic rings. The molecule has 0 N–H and O–H groups in total. The number of fused-ring (bicyclic) bond motifs is 1. The molecule has 1 unspecified atom stereocenters. The lowest BCUT2D eigenvalue weighted by molar-refractivity contribution is 0.0564. The number of pyridine rings is 2. The highest BCUT2D eigenvalue weighted by Gasteiger charge is 2.29. The van der Waals surface area contributed by atoms with E-state index >= 15 is 0 Å². The van der Waals surface area contributed by atoms with Crippen LogP contribution >= 0.6 is 0 Å². The first-order valence-electron chi connectivity index (χ1n) is 10.0. The van der Waals surface area contributed by atoms with E-state index in [1.807, 2.05) is 53.1 Å². The molecule has 4 heterocycles. The van der Waals surface area contributed by atoms with Gasteiger partial charge in [0.1, 0.15) is 11.3 Å². The van der Waals surface area contributed by atoms with E-state index in [4.69, 9.17) is 0 Å². The first kappa shape index (κ1) is 18.6. The van der Waals surface area contributed by atoms with E-state index in [9.17, 15) is 4.79 Å². The maximum absolute atomic E-state index is 13.1. The van der Waals surface area contributed by atoms with Crippen LogP contribution in [-0.2, 0) is 6.54 Å². The molecular formula is C22H27N5O. The molecule has 1 fully saturated rings. The second-order valence-electron chi connectivity index (χ2n) is 7.56. The van der Waals surface area contributed by atoms with Crippen molar-refractivity contribution in [3.8, 4) is 0 Å². The zero-order valence-corrected chi connectivity index (χ0v) is 16.6. The first-order valence-corrected chi connectivity index (χ1v) is 10.0.